The van der Waals surface area contributed by atoms with E-state index in [1.165, 1.54) is 0 Å². The molecule has 16 heavy (non-hydrogen) atoms. The van der Waals surface area contributed by atoms with Crippen LogP contribution in [0.1, 0.15) is 27.2 Å². The fraction of sp³-hybridized carbons (Fsp3) is 0.636. The van der Waals surface area contributed by atoms with Gasteiger partial charge in [-0.05, 0) is 20.3 Å². The average Bonchev–Trinajstić information content (AvgIpc) is 2.25. The number of nitrogens with one attached hydrogen (secondary N) is 2. The highest BCUT2D eigenvalue weighted by Gasteiger charge is 2.33. The van der Waals surface area contributed by atoms with Crippen LogP contribution in [0.5, 0.6) is 0 Å². The van der Waals surface area contributed by atoms with Crippen LogP contribution in [0, 0.1) is 12.3 Å². The molecular weight excluding hydrogens is 208 g/mol. The van der Waals surface area contributed by atoms with E-state index < -0.39 is 17.6 Å². The topological polar surface area (TPSA) is 78.4 Å². The summed E-state index contributed by atoms with van der Waals surface area (Å²) in [6.07, 6.45) is 5.38. The molecule has 0 aromatic heterocycles. The van der Waals surface area contributed by atoms with E-state index in [-0.39, 0.29) is 12.5 Å². The summed E-state index contributed by atoms with van der Waals surface area (Å²) in [6.45, 7) is 5.02. The normalized spacial score (nSPS) is 15.6. The number of carboxylic acids is 1. The van der Waals surface area contributed by atoms with E-state index in [9.17, 15) is 9.59 Å². The molecule has 0 rings (SSSR count). The Kier molecular flexibility index (Phi) is 5.54. The van der Waals surface area contributed by atoms with E-state index in [0.29, 0.717) is 6.42 Å². The van der Waals surface area contributed by atoms with Crippen LogP contribution >= 0.6 is 0 Å². The fourth-order valence-electron chi connectivity index (χ4n) is 1.15. The fourth-order valence-corrected chi connectivity index (χ4v) is 1.15. The van der Waals surface area contributed by atoms with E-state index in [4.69, 9.17) is 11.5 Å². The summed E-state index contributed by atoms with van der Waals surface area (Å²) in [5.74, 6) is 0.990. The van der Waals surface area contributed by atoms with Crippen LogP contribution in [-0.4, -0.2) is 35.1 Å². The van der Waals surface area contributed by atoms with Gasteiger partial charge in [0.2, 0.25) is 5.91 Å². The summed E-state index contributed by atoms with van der Waals surface area (Å²) in [6, 6.07) is -0.602. The van der Waals surface area contributed by atoms with Crippen molar-refractivity contribution < 1.29 is 14.7 Å². The Hall–Kier alpha value is -1.54. The van der Waals surface area contributed by atoms with Crippen LogP contribution < -0.4 is 10.6 Å². The van der Waals surface area contributed by atoms with Gasteiger partial charge < -0.3 is 10.4 Å². The third-order valence-corrected chi connectivity index (χ3v) is 2.47. The van der Waals surface area contributed by atoms with Gasteiger partial charge in [-0.15, -0.1) is 6.42 Å². The molecule has 0 radical (unpaired) electrons. The van der Waals surface area contributed by atoms with Gasteiger partial charge in [0.25, 0.3) is 0 Å². The van der Waals surface area contributed by atoms with E-state index in [1.807, 2.05) is 0 Å². The first kappa shape index (κ1) is 14.5. The van der Waals surface area contributed by atoms with Gasteiger partial charge in [-0.1, -0.05) is 12.8 Å². The molecule has 0 aliphatic carbocycles. The monoisotopic (exact) mass is 226 g/mol. The quantitative estimate of drug-likeness (QED) is 0.556. The number of amides is 1. The van der Waals surface area contributed by atoms with Crippen molar-refractivity contribution in [1.82, 2.24) is 10.6 Å². The number of hydrogen-bond acceptors (Lipinski definition) is 3. The predicted molar refractivity (Wildman–Crippen MR) is 60.8 cm³/mol. The van der Waals surface area contributed by atoms with Crippen LogP contribution in [0.25, 0.3) is 0 Å². The Morgan fingerprint density at radius 1 is 1.56 bits per heavy atom. The van der Waals surface area contributed by atoms with Crippen molar-refractivity contribution in [1.29, 1.82) is 0 Å². The highest BCUT2D eigenvalue weighted by Crippen LogP contribution is 2.10. The Morgan fingerprint density at radius 3 is 2.50 bits per heavy atom. The molecule has 0 fully saturated rings. The van der Waals surface area contributed by atoms with Crippen LogP contribution in [0.2, 0.25) is 0 Å². The zero-order chi connectivity index (χ0) is 12.8. The van der Waals surface area contributed by atoms with Crippen molar-refractivity contribution in [2.45, 2.75) is 38.8 Å². The van der Waals surface area contributed by atoms with E-state index >= 15 is 0 Å². The van der Waals surface area contributed by atoms with Crippen LogP contribution in [0.15, 0.2) is 0 Å². The molecule has 0 aromatic rings. The van der Waals surface area contributed by atoms with Gasteiger partial charge in [0.05, 0.1) is 12.6 Å². The molecule has 0 aliphatic rings. The molecule has 2 atom stereocenters. The second-order valence-electron chi connectivity index (χ2n) is 3.78. The lowest BCUT2D eigenvalue weighted by Gasteiger charge is -2.28. The first-order valence-electron chi connectivity index (χ1n) is 5.09. The van der Waals surface area contributed by atoms with E-state index in [0.717, 1.165) is 0 Å². The van der Waals surface area contributed by atoms with Crippen molar-refractivity contribution in [2.24, 2.45) is 0 Å². The summed E-state index contributed by atoms with van der Waals surface area (Å²) in [5, 5.41) is 14.3. The third-order valence-electron chi connectivity index (χ3n) is 2.47. The van der Waals surface area contributed by atoms with Gasteiger partial charge in [-0.2, -0.15) is 0 Å². The second kappa shape index (κ2) is 6.13. The van der Waals surface area contributed by atoms with Gasteiger partial charge in [0.1, 0.15) is 5.54 Å². The van der Waals surface area contributed by atoms with Crippen molar-refractivity contribution >= 4 is 11.9 Å². The van der Waals surface area contributed by atoms with Crippen molar-refractivity contribution in [3.05, 3.63) is 0 Å². The maximum absolute atomic E-state index is 11.5. The zero-order valence-corrected chi connectivity index (χ0v) is 9.83. The third kappa shape index (κ3) is 3.91. The maximum atomic E-state index is 11.5. The smallest absolute Gasteiger partial charge is 0.323 e. The molecule has 0 spiro atoms. The van der Waals surface area contributed by atoms with Gasteiger partial charge in [0, 0.05) is 0 Å². The minimum absolute atomic E-state index is 0.140. The van der Waals surface area contributed by atoms with Crippen LogP contribution in [0.3, 0.4) is 0 Å². The predicted octanol–water partition coefficient (Wildman–Crippen LogP) is -0.0328. The summed E-state index contributed by atoms with van der Waals surface area (Å²) >= 11 is 0. The Morgan fingerprint density at radius 2 is 2.12 bits per heavy atom. The highest BCUT2D eigenvalue weighted by molar-refractivity contribution is 5.84. The van der Waals surface area contributed by atoms with E-state index in [2.05, 4.69) is 16.6 Å². The Balaban J connectivity index is 4.42. The molecule has 1 amide bonds. The summed E-state index contributed by atoms with van der Waals surface area (Å²) in [7, 11) is 0. The number of carbonyl (C=O) groups excluding carboxylic acids is 1. The van der Waals surface area contributed by atoms with Crippen LogP contribution in [0.4, 0.5) is 0 Å². The largest absolute Gasteiger partial charge is 0.480 e. The van der Waals surface area contributed by atoms with Crippen molar-refractivity contribution in [2.75, 3.05) is 6.54 Å². The number of terminal acetylenes is 1. The number of aliphatic carboxylic acids is 1. The standard InChI is InChI=1S/C11H18N2O3/c1-5-7-12-9(14)8(3)13-11(4,6-2)10(15)16/h1,8,13H,6-7H2,2-4H3,(H,12,14)(H,15,16). The Bertz CT molecular complexity index is 309. The molecule has 0 saturated heterocycles. The van der Waals surface area contributed by atoms with Gasteiger partial charge >= 0.3 is 5.97 Å². The maximum Gasteiger partial charge on any atom is 0.323 e. The molecule has 5 nitrogen and oxygen atoms in total. The second-order valence-corrected chi connectivity index (χ2v) is 3.78. The zero-order valence-electron chi connectivity index (χ0n) is 9.83. The first-order valence-corrected chi connectivity index (χ1v) is 5.09. The molecule has 90 valence electrons. The summed E-state index contributed by atoms with van der Waals surface area (Å²) < 4.78 is 0. The SMILES string of the molecule is C#CCNC(=O)C(C)NC(C)(CC)C(=O)O. The molecule has 0 bridgehead atoms. The van der Waals surface area contributed by atoms with Crippen molar-refractivity contribution in [3.8, 4) is 12.3 Å². The number of carboxylic acid groups (broad SMARTS) is 1. The number of hydrogen-bond donors (Lipinski definition) is 3. The number of rotatable bonds is 6. The van der Waals surface area contributed by atoms with Crippen molar-refractivity contribution in [3.63, 3.8) is 0 Å². The molecule has 0 heterocycles. The molecular formula is C11H18N2O3. The van der Waals surface area contributed by atoms with Gasteiger partial charge in [-0.25, -0.2) is 0 Å². The summed E-state index contributed by atoms with van der Waals surface area (Å²) in [4.78, 5) is 22.5. The summed E-state index contributed by atoms with van der Waals surface area (Å²) in [5.41, 5.74) is -1.10. The molecule has 3 N–H and O–H groups in total. The van der Waals surface area contributed by atoms with E-state index in [1.54, 1.807) is 20.8 Å². The first-order chi connectivity index (χ1) is 7.37. The van der Waals surface area contributed by atoms with Gasteiger partial charge in [0.15, 0.2) is 0 Å². The molecule has 2 unspecified atom stereocenters. The average molecular weight is 226 g/mol. The molecule has 0 aromatic carbocycles. The van der Waals surface area contributed by atoms with Gasteiger partial charge in [-0.3, -0.25) is 14.9 Å². The lowest BCUT2D eigenvalue weighted by atomic mass is 9.98. The van der Waals surface area contributed by atoms with Crippen LogP contribution in [-0.2, 0) is 9.59 Å². The minimum Gasteiger partial charge on any atom is -0.480 e. The lowest BCUT2D eigenvalue weighted by Crippen LogP contribution is -2.56. The minimum atomic E-state index is -1.10. The molecule has 0 saturated carbocycles. The Labute approximate surface area is 95.6 Å². The molecule has 0 aliphatic heterocycles. The number of carbonyl (C=O) groups is 2. The molecule has 5 heteroatoms. The lowest BCUT2D eigenvalue weighted by molar-refractivity contribution is -0.145. The highest BCUT2D eigenvalue weighted by atomic mass is 16.4.